The predicted molar refractivity (Wildman–Crippen MR) is 104 cm³/mol. The normalized spacial score (nSPS) is 20.8. The third-order valence-corrected chi connectivity index (χ3v) is 4.85. The lowest BCUT2D eigenvalue weighted by Gasteiger charge is -2.34. The minimum atomic E-state index is -0.465. The van der Waals surface area contributed by atoms with Gasteiger partial charge in [-0.25, -0.2) is 9.79 Å². The molecule has 0 bridgehead atoms. The van der Waals surface area contributed by atoms with E-state index in [1.807, 2.05) is 30.3 Å². The molecule has 1 fully saturated rings. The molecule has 1 aromatic heterocycles. The molecule has 1 amide bonds. The van der Waals surface area contributed by atoms with E-state index in [4.69, 9.17) is 9.47 Å². The lowest BCUT2D eigenvalue weighted by atomic mass is 9.81. The number of carbonyl (C=O) groups excluding carboxylic acids is 2. The number of aliphatic imine (C=N–C) groups is 1. The second-order valence-corrected chi connectivity index (χ2v) is 6.80. The number of para-hydroxylation sites is 1. The highest BCUT2D eigenvalue weighted by atomic mass is 16.5. The van der Waals surface area contributed by atoms with Crippen molar-refractivity contribution in [2.24, 2.45) is 10.9 Å². The summed E-state index contributed by atoms with van der Waals surface area (Å²) in [6, 6.07) is 9.72. The zero-order valence-electron chi connectivity index (χ0n) is 15.6. The summed E-state index contributed by atoms with van der Waals surface area (Å²) >= 11 is 0. The van der Waals surface area contributed by atoms with Crippen LogP contribution in [0.15, 0.2) is 53.3 Å². The van der Waals surface area contributed by atoms with E-state index in [0.717, 1.165) is 16.7 Å². The Kier molecular flexibility index (Phi) is 5.06. The van der Waals surface area contributed by atoms with E-state index in [0.29, 0.717) is 31.7 Å². The van der Waals surface area contributed by atoms with Gasteiger partial charge in [0.1, 0.15) is 28.9 Å². The maximum absolute atomic E-state index is 12.4. The van der Waals surface area contributed by atoms with Gasteiger partial charge in [0.25, 0.3) is 0 Å². The van der Waals surface area contributed by atoms with Crippen LogP contribution in [-0.4, -0.2) is 35.4 Å². The van der Waals surface area contributed by atoms with Crippen LogP contribution in [0.1, 0.15) is 26.2 Å². The first kappa shape index (κ1) is 18.2. The lowest BCUT2D eigenvalue weighted by Crippen LogP contribution is -2.45. The minimum absolute atomic E-state index is 0.0120. The van der Waals surface area contributed by atoms with Crippen LogP contribution >= 0.6 is 0 Å². The molecule has 28 heavy (non-hydrogen) atoms. The standard InChI is InChI=1S/C21H21N3O4/c1-2-27-21(26)16-8-9-18(23-16)24-20(25)14-11-15(12-14)28-17-7-3-5-13-6-4-10-22-19(13)17/h3-8,10,14-15H,2,9,11-12H2,1H3,(H,23,24,25). The number of aromatic nitrogens is 1. The Labute approximate surface area is 162 Å². The topological polar surface area (TPSA) is 89.9 Å². The number of rotatable bonds is 5. The highest BCUT2D eigenvalue weighted by Crippen LogP contribution is 2.34. The maximum atomic E-state index is 12.4. The van der Waals surface area contributed by atoms with Crippen molar-refractivity contribution in [2.75, 3.05) is 6.61 Å². The third-order valence-electron chi connectivity index (χ3n) is 4.85. The summed E-state index contributed by atoms with van der Waals surface area (Å²) in [7, 11) is 0. The summed E-state index contributed by atoms with van der Waals surface area (Å²) in [4.78, 5) is 32.6. The molecule has 1 saturated carbocycles. The molecule has 1 aliphatic heterocycles. The molecular weight excluding hydrogens is 358 g/mol. The van der Waals surface area contributed by atoms with Crippen LogP contribution < -0.4 is 10.1 Å². The lowest BCUT2D eigenvalue weighted by molar-refractivity contribution is -0.138. The Bertz CT molecular complexity index is 971. The van der Waals surface area contributed by atoms with E-state index in [2.05, 4.69) is 15.3 Å². The van der Waals surface area contributed by atoms with Gasteiger partial charge < -0.3 is 14.8 Å². The van der Waals surface area contributed by atoms with Gasteiger partial charge >= 0.3 is 5.97 Å². The molecule has 7 nitrogen and oxygen atoms in total. The number of nitrogens with zero attached hydrogens (tertiary/aromatic N) is 2. The number of benzene rings is 1. The first-order chi connectivity index (χ1) is 13.6. The molecule has 0 atom stereocenters. The van der Waals surface area contributed by atoms with E-state index in [1.165, 1.54) is 0 Å². The van der Waals surface area contributed by atoms with Crippen molar-refractivity contribution >= 4 is 28.6 Å². The van der Waals surface area contributed by atoms with Crippen molar-refractivity contribution < 1.29 is 19.1 Å². The van der Waals surface area contributed by atoms with Crippen LogP contribution in [0.4, 0.5) is 0 Å². The van der Waals surface area contributed by atoms with Crippen molar-refractivity contribution in [2.45, 2.75) is 32.3 Å². The van der Waals surface area contributed by atoms with E-state index in [9.17, 15) is 9.59 Å². The summed E-state index contributed by atoms with van der Waals surface area (Å²) in [6.07, 6.45) is 5.10. The molecule has 0 spiro atoms. The molecule has 1 aliphatic carbocycles. The zero-order valence-corrected chi connectivity index (χ0v) is 15.6. The summed E-state index contributed by atoms with van der Waals surface area (Å²) in [5.74, 6) is 0.545. The highest BCUT2D eigenvalue weighted by Gasteiger charge is 2.37. The number of hydrogen-bond acceptors (Lipinski definition) is 6. The molecule has 0 radical (unpaired) electrons. The summed E-state index contributed by atoms with van der Waals surface area (Å²) in [5.41, 5.74) is 1.08. The molecule has 1 N–H and O–H groups in total. The highest BCUT2D eigenvalue weighted by molar-refractivity contribution is 6.05. The SMILES string of the molecule is CCOC(=O)C1=CCC(NC(=O)C2CC(Oc3cccc4cccnc34)C2)=N1. The number of hydrogen-bond donors (Lipinski definition) is 1. The Morgan fingerprint density at radius 1 is 1.21 bits per heavy atom. The molecule has 7 heteroatoms. The third kappa shape index (κ3) is 3.74. The van der Waals surface area contributed by atoms with Gasteiger partial charge in [0, 0.05) is 23.9 Å². The molecular formula is C21H21N3O4. The Hall–Kier alpha value is -3.22. The number of esters is 1. The molecule has 1 aromatic carbocycles. The van der Waals surface area contributed by atoms with Crippen LogP contribution in [0.25, 0.3) is 10.9 Å². The predicted octanol–water partition coefficient (Wildman–Crippen LogP) is 2.76. The van der Waals surface area contributed by atoms with Crippen molar-refractivity contribution in [1.29, 1.82) is 0 Å². The maximum Gasteiger partial charge on any atom is 0.356 e. The minimum Gasteiger partial charge on any atom is -0.488 e. The molecule has 2 aromatic rings. The van der Waals surface area contributed by atoms with E-state index in [-0.39, 0.29) is 23.6 Å². The number of fused-ring (bicyclic) bond motifs is 1. The van der Waals surface area contributed by atoms with Crippen LogP contribution in [0.5, 0.6) is 5.75 Å². The van der Waals surface area contributed by atoms with Gasteiger partial charge in [0.15, 0.2) is 0 Å². The van der Waals surface area contributed by atoms with Gasteiger partial charge in [-0.2, -0.15) is 0 Å². The molecule has 2 aliphatic rings. The molecule has 0 saturated heterocycles. The number of pyridine rings is 1. The monoisotopic (exact) mass is 379 g/mol. The van der Waals surface area contributed by atoms with Gasteiger partial charge in [-0.15, -0.1) is 0 Å². The number of amidine groups is 1. The average molecular weight is 379 g/mol. The molecule has 0 unspecified atom stereocenters. The average Bonchev–Trinajstić information content (AvgIpc) is 3.13. The fourth-order valence-corrected chi connectivity index (χ4v) is 3.31. The van der Waals surface area contributed by atoms with E-state index < -0.39 is 5.97 Å². The van der Waals surface area contributed by atoms with E-state index >= 15 is 0 Å². The van der Waals surface area contributed by atoms with Gasteiger partial charge in [-0.05, 0) is 38.0 Å². The van der Waals surface area contributed by atoms with E-state index in [1.54, 1.807) is 19.2 Å². The molecule has 2 heterocycles. The number of ether oxygens (including phenoxy) is 2. The van der Waals surface area contributed by atoms with Crippen molar-refractivity contribution in [3.8, 4) is 5.75 Å². The Morgan fingerprint density at radius 3 is 2.86 bits per heavy atom. The van der Waals surface area contributed by atoms with Gasteiger partial charge in [0.05, 0.1) is 6.61 Å². The number of nitrogens with one attached hydrogen (secondary N) is 1. The summed E-state index contributed by atoms with van der Waals surface area (Å²) in [5, 5.41) is 3.83. The fraction of sp³-hybridized carbons (Fsp3) is 0.333. The quantitative estimate of drug-likeness (QED) is 0.807. The summed E-state index contributed by atoms with van der Waals surface area (Å²) in [6.45, 7) is 2.03. The second kappa shape index (κ2) is 7.80. The van der Waals surface area contributed by atoms with Crippen LogP contribution in [0, 0.1) is 5.92 Å². The van der Waals surface area contributed by atoms with Crippen molar-refractivity contribution in [3.05, 3.63) is 48.3 Å². The first-order valence-electron chi connectivity index (χ1n) is 9.40. The Balaban J connectivity index is 1.29. The van der Waals surface area contributed by atoms with Crippen LogP contribution in [-0.2, 0) is 14.3 Å². The Morgan fingerprint density at radius 2 is 2.04 bits per heavy atom. The molecule has 4 rings (SSSR count). The van der Waals surface area contributed by atoms with Crippen LogP contribution in [0.2, 0.25) is 0 Å². The first-order valence-corrected chi connectivity index (χ1v) is 9.40. The number of carbonyl (C=O) groups is 2. The zero-order chi connectivity index (χ0) is 19.5. The number of amides is 1. The van der Waals surface area contributed by atoms with Crippen LogP contribution in [0.3, 0.4) is 0 Å². The smallest absolute Gasteiger partial charge is 0.356 e. The van der Waals surface area contributed by atoms with Gasteiger partial charge in [-0.1, -0.05) is 18.2 Å². The largest absolute Gasteiger partial charge is 0.488 e. The van der Waals surface area contributed by atoms with Crippen molar-refractivity contribution in [3.63, 3.8) is 0 Å². The summed E-state index contributed by atoms with van der Waals surface area (Å²) < 4.78 is 11.0. The molecule has 144 valence electrons. The van der Waals surface area contributed by atoms with Crippen molar-refractivity contribution in [1.82, 2.24) is 10.3 Å². The second-order valence-electron chi connectivity index (χ2n) is 6.80. The van der Waals surface area contributed by atoms with Gasteiger partial charge in [-0.3, -0.25) is 9.78 Å². The fourth-order valence-electron chi connectivity index (χ4n) is 3.31. The van der Waals surface area contributed by atoms with Gasteiger partial charge in [0.2, 0.25) is 5.91 Å².